The van der Waals surface area contributed by atoms with Crippen LogP contribution in [0.2, 0.25) is 0 Å². The molecule has 0 atom stereocenters. The lowest BCUT2D eigenvalue weighted by atomic mass is 9.95. The van der Waals surface area contributed by atoms with Gasteiger partial charge in [-0.3, -0.25) is 0 Å². The van der Waals surface area contributed by atoms with Crippen molar-refractivity contribution in [1.82, 2.24) is 5.32 Å². The Labute approximate surface area is 95.8 Å². The Kier molecular flexibility index (Phi) is 9.12. The minimum Gasteiger partial charge on any atom is -0.381 e. The first-order valence-electron chi connectivity index (χ1n) is 6.41. The van der Waals surface area contributed by atoms with E-state index in [1.54, 1.807) is 0 Å². The fourth-order valence-corrected chi connectivity index (χ4v) is 1.49. The maximum absolute atomic E-state index is 5.70. The Bertz CT molecular complexity index is 134. The first-order chi connectivity index (χ1) is 7.12. The van der Waals surface area contributed by atoms with Gasteiger partial charge in [0.15, 0.2) is 0 Å². The van der Waals surface area contributed by atoms with Crippen molar-refractivity contribution in [2.24, 2.45) is 5.41 Å². The standard InChI is InChI=1S/C13H29NO/c1-5-7-8-9-10-15-12-13(3,4)11-14-6-2/h14H,5-12H2,1-4H3. The van der Waals surface area contributed by atoms with Crippen molar-refractivity contribution in [3.05, 3.63) is 0 Å². The van der Waals surface area contributed by atoms with Gasteiger partial charge in [-0.15, -0.1) is 0 Å². The minimum atomic E-state index is 0.265. The van der Waals surface area contributed by atoms with Crippen LogP contribution in [0.25, 0.3) is 0 Å². The topological polar surface area (TPSA) is 21.3 Å². The molecule has 2 heteroatoms. The van der Waals surface area contributed by atoms with Crippen molar-refractivity contribution in [3.63, 3.8) is 0 Å². The van der Waals surface area contributed by atoms with Crippen LogP contribution in [0.5, 0.6) is 0 Å². The van der Waals surface area contributed by atoms with Crippen molar-refractivity contribution in [2.45, 2.75) is 53.4 Å². The molecule has 0 amide bonds. The van der Waals surface area contributed by atoms with Gasteiger partial charge in [-0.1, -0.05) is 47.0 Å². The maximum Gasteiger partial charge on any atom is 0.0529 e. The molecule has 0 rings (SSSR count). The molecule has 15 heavy (non-hydrogen) atoms. The molecule has 0 aromatic rings. The number of ether oxygens (including phenoxy) is 1. The van der Waals surface area contributed by atoms with Crippen LogP contribution in [0.4, 0.5) is 0 Å². The molecule has 0 aromatic carbocycles. The second-order valence-corrected chi connectivity index (χ2v) is 5.06. The van der Waals surface area contributed by atoms with E-state index < -0.39 is 0 Å². The van der Waals surface area contributed by atoms with Gasteiger partial charge in [-0.05, 0) is 13.0 Å². The number of nitrogens with one attached hydrogen (secondary N) is 1. The third-order valence-corrected chi connectivity index (χ3v) is 2.49. The second kappa shape index (κ2) is 9.17. The van der Waals surface area contributed by atoms with Crippen LogP contribution >= 0.6 is 0 Å². The Morgan fingerprint density at radius 2 is 1.80 bits per heavy atom. The average molecular weight is 215 g/mol. The molecule has 0 aromatic heterocycles. The van der Waals surface area contributed by atoms with E-state index in [0.29, 0.717) is 0 Å². The molecule has 0 heterocycles. The van der Waals surface area contributed by atoms with Crippen molar-refractivity contribution in [1.29, 1.82) is 0 Å². The van der Waals surface area contributed by atoms with Crippen LogP contribution in [-0.2, 0) is 4.74 Å². The fraction of sp³-hybridized carbons (Fsp3) is 1.00. The van der Waals surface area contributed by atoms with Crippen LogP contribution in [0.1, 0.15) is 53.4 Å². The number of hydrogen-bond acceptors (Lipinski definition) is 2. The summed E-state index contributed by atoms with van der Waals surface area (Å²) >= 11 is 0. The van der Waals surface area contributed by atoms with Gasteiger partial charge in [0.05, 0.1) is 6.61 Å². The van der Waals surface area contributed by atoms with Crippen molar-refractivity contribution in [2.75, 3.05) is 26.3 Å². The first kappa shape index (κ1) is 14.9. The summed E-state index contributed by atoms with van der Waals surface area (Å²) < 4.78 is 5.70. The maximum atomic E-state index is 5.70. The fourth-order valence-electron chi connectivity index (χ4n) is 1.49. The predicted octanol–water partition coefficient (Wildman–Crippen LogP) is 3.22. The highest BCUT2D eigenvalue weighted by atomic mass is 16.5. The zero-order valence-electron chi connectivity index (χ0n) is 11.1. The smallest absolute Gasteiger partial charge is 0.0529 e. The zero-order valence-corrected chi connectivity index (χ0v) is 11.1. The lowest BCUT2D eigenvalue weighted by molar-refractivity contribution is 0.0600. The van der Waals surface area contributed by atoms with Gasteiger partial charge in [-0.2, -0.15) is 0 Å². The van der Waals surface area contributed by atoms with Gasteiger partial charge in [-0.25, -0.2) is 0 Å². The van der Waals surface area contributed by atoms with E-state index in [4.69, 9.17) is 4.74 Å². The molecular formula is C13H29NO. The van der Waals surface area contributed by atoms with Crippen LogP contribution in [0.15, 0.2) is 0 Å². The highest BCUT2D eigenvalue weighted by Gasteiger charge is 2.16. The Hall–Kier alpha value is -0.0800. The van der Waals surface area contributed by atoms with E-state index in [-0.39, 0.29) is 5.41 Å². The summed E-state index contributed by atoms with van der Waals surface area (Å²) in [6.45, 7) is 12.8. The van der Waals surface area contributed by atoms with E-state index >= 15 is 0 Å². The highest BCUT2D eigenvalue weighted by Crippen LogP contribution is 2.14. The van der Waals surface area contributed by atoms with Gasteiger partial charge in [0.2, 0.25) is 0 Å². The Morgan fingerprint density at radius 3 is 2.40 bits per heavy atom. The first-order valence-corrected chi connectivity index (χ1v) is 6.41. The van der Waals surface area contributed by atoms with Crippen LogP contribution < -0.4 is 5.32 Å². The van der Waals surface area contributed by atoms with Gasteiger partial charge in [0.25, 0.3) is 0 Å². The molecule has 0 fully saturated rings. The molecule has 0 unspecified atom stereocenters. The van der Waals surface area contributed by atoms with Crippen LogP contribution in [0, 0.1) is 5.41 Å². The van der Waals surface area contributed by atoms with Crippen molar-refractivity contribution >= 4 is 0 Å². The van der Waals surface area contributed by atoms with Crippen LogP contribution in [0.3, 0.4) is 0 Å². The summed E-state index contributed by atoms with van der Waals surface area (Å²) in [5.41, 5.74) is 0.265. The quantitative estimate of drug-likeness (QED) is 0.565. The SMILES string of the molecule is CCCCCCOCC(C)(C)CNCC. The predicted molar refractivity (Wildman–Crippen MR) is 67.3 cm³/mol. The minimum absolute atomic E-state index is 0.265. The molecule has 0 aliphatic rings. The lowest BCUT2D eigenvalue weighted by Crippen LogP contribution is -2.33. The normalized spacial score (nSPS) is 12.0. The molecule has 92 valence electrons. The number of unbranched alkanes of at least 4 members (excludes halogenated alkanes) is 3. The van der Waals surface area contributed by atoms with E-state index in [9.17, 15) is 0 Å². The molecule has 1 N–H and O–H groups in total. The molecule has 0 aliphatic carbocycles. The van der Waals surface area contributed by atoms with Crippen LogP contribution in [-0.4, -0.2) is 26.3 Å². The summed E-state index contributed by atoms with van der Waals surface area (Å²) in [6, 6.07) is 0. The number of hydrogen-bond donors (Lipinski definition) is 1. The second-order valence-electron chi connectivity index (χ2n) is 5.06. The van der Waals surface area contributed by atoms with Crippen molar-refractivity contribution in [3.8, 4) is 0 Å². The lowest BCUT2D eigenvalue weighted by Gasteiger charge is -2.24. The average Bonchev–Trinajstić information content (AvgIpc) is 2.20. The molecule has 0 spiro atoms. The molecule has 2 nitrogen and oxygen atoms in total. The van der Waals surface area contributed by atoms with Gasteiger partial charge in [0.1, 0.15) is 0 Å². The molecule has 0 radical (unpaired) electrons. The Morgan fingerprint density at radius 1 is 1.07 bits per heavy atom. The molecule has 0 bridgehead atoms. The monoisotopic (exact) mass is 215 g/mol. The Balaban J connectivity index is 3.32. The summed E-state index contributed by atoms with van der Waals surface area (Å²) in [5, 5.41) is 3.37. The van der Waals surface area contributed by atoms with E-state index in [1.165, 1.54) is 25.7 Å². The third kappa shape index (κ3) is 10.2. The van der Waals surface area contributed by atoms with Gasteiger partial charge in [0, 0.05) is 18.6 Å². The molecule has 0 aliphatic heterocycles. The summed E-state index contributed by atoms with van der Waals surface area (Å²) in [4.78, 5) is 0. The van der Waals surface area contributed by atoms with Crippen molar-refractivity contribution < 1.29 is 4.74 Å². The van der Waals surface area contributed by atoms with Gasteiger partial charge < -0.3 is 10.1 Å². The summed E-state index contributed by atoms with van der Waals surface area (Å²) in [7, 11) is 0. The van der Waals surface area contributed by atoms with Gasteiger partial charge >= 0.3 is 0 Å². The molecular weight excluding hydrogens is 186 g/mol. The third-order valence-electron chi connectivity index (χ3n) is 2.49. The summed E-state index contributed by atoms with van der Waals surface area (Å²) in [5.74, 6) is 0. The van der Waals surface area contributed by atoms with E-state index in [2.05, 4.69) is 33.0 Å². The zero-order chi connectivity index (χ0) is 11.6. The molecule has 0 saturated heterocycles. The largest absolute Gasteiger partial charge is 0.381 e. The van der Waals surface area contributed by atoms with E-state index in [0.717, 1.165) is 26.3 Å². The van der Waals surface area contributed by atoms with E-state index in [1.807, 2.05) is 0 Å². The molecule has 0 saturated carbocycles. The highest BCUT2D eigenvalue weighted by molar-refractivity contribution is 4.70. The summed E-state index contributed by atoms with van der Waals surface area (Å²) in [6.07, 6.45) is 5.16. The number of rotatable bonds is 10.